The minimum atomic E-state index is -0.250. The Kier molecular flexibility index (Phi) is 3.57. The van der Waals surface area contributed by atoms with E-state index in [1.165, 1.54) is 4.68 Å². The largest absolute Gasteiger partial charge is 0.352 e. The Hall–Kier alpha value is -2.05. The molecule has 0 radical (unpaired) electrons. The van der Waals surface area contributed by atoms with E-state index in [1.807, 2.05) is 12.1 Å². The van der Waals surface area contributed by atoms with Crippen molar-refractivity contribution >= 4 is 40.2 Å². The van der Waals surface area contributed by atoms with Gasteiger partial charge in [-0.2, -0.15) is 5.10 Å². The van der Waals surface area contributed by atoms with E-state index in [0.717, 1.165) is 5.56 Å². The van der Waals surface area contributed by atoms with Gasteiger partial charge in [0.2, 0.25) is 5.95 Å². The predicted molar refractivity (Wildman–Crippen MR) is 82.9 cm³/mol. The van der Waals surface area contributed by atoms with Gasteiger partial charge in [-0.25, -0.2) is 4.98 Å². The lowest BCUT2D eigenvalue weighted by atomic mass is 10.2. The molecule has 0 aliphatic rings. The molecule has 2 heterocycles. The SMILES string of the molecule is Cn1ncc2nc(NCc3cccc(Cl)c3Cl)[nH]c(=O)c21. The van der Waals surface area contributed by atoms with E-state index in [9.17, 15) is 4.79 Å². The van der Waals surface area contributed by atoms with E-state index in [0.29, 0.717) is 33.6 Å². The van der Waals surface area contributed by atoms with Crippen LogP contribution in [0.15, 0.2) is 29.2 Å². The number of hydrogen-bond acceptors (Lipinski definition) is 4. The highest BCUT2D eigenvalue weighted by atomic mass is 35.5. The van der Waals surface area contributed by atoms with Gasteiger partial charge in [0.05, 0.1) is 16.2 Å². The molecule has 2 N–H and O–H groups in total. The van der Waals surface area contributed by atoms with Crippen LogP contribution in [-0.2, 0) is 13.6 Å². The van der Waals surface area contributed by atoms with Crippen molar-refractivity contribution in [2.24, 2.45) is 7.05 Å². The van der Waals surface area contributed by atoms with Crippen molar-refractivity contribution in [3.05, 3.63) is 50.4 Å². The van der Waals surface area contributed by atoms with Gasteiger partial charge < -0.3 is 5.32 Å². The zero-order chi connectivity index (χ0) is 15.0. The Balaban J connectivity index is 1.89. The average molecular weight is 324 g/mol. The van der Waals surface area contributed by atoms with Gasteiger partial charge in [-0.3, -0.25) is 14.5 Å². The number of hydrogen-bond donors (Lipinski definition) is 2. The van der Waals surface area contributed by atoms with Crippen molar-refractivity contribution in [2.75, 3.05) is 5.32 Å². The summed E-state index contributed by atoms with van der Waals surface area (Å²) in [5.74, 6) is 0.358. The second-order valence-corrected chi connectivity index (χ2v) is 5.27. The minimum Gasteiger partial charge on any atom is -0.352 e. The zero-order valence-corrected chi connectivity index (χ0v) is 12.5. The number of anilines is 1. The van der Waals surface area contributed by atoms with E-state index >= 15 is 0 Å². The number of H-pyrrole nitrogens is 1. The summed E-state index contributed by atoms with van der Waals surface area (Å²) in [5, 5.41) is 8.00. The summed E-state index contributed by atoms with van der Waals surface area (Å²) < 4.78 is 1.48. The summed E-state index contributed by atoms with van der Waals surface area (Å²) in [7, 11) is 1.69. The molecule has 0 saturated carbocycles. The number of fused-ring (bicyclic) bond motifs is 1. The van der Waals surface area contributed by atoms with Crippen molar-refractivity contribution in [1.29, 1.82) is 0 Å². The number of nitrogens with zero attached hydrogens (tertiary/aromatic N) is 3. The molecule has 0 saturated heterocycles. The lowest BCUT2D eigenvalue weighted by molar-refractivity contribution is 0.792. The lowest BCUT2D eigenvalue weighted by Gasteiger charge is -2.08. The van der Waals surface area contributed by atoms with Crippen molar-refractivity contribution < 1.29 is 0 Å². The number of rotatable bonds is 3. The normalized spacial score (nSPS) is 11.0. The van der Waals surface area contributed by atoms with Crippen LogP contribution in [0.5, 0.6) is 0 Å². The number of benzene rings is 1. The van der Waals surface area contributed by atoms with Crippen LogP contribution in [0, 0.1) is 0 Å². The molecule has 0 atom stereocenters. The molecule has 8 heteroatoms. The molecule has 0 spiro atoms. The van der Waals surface area contributed by atoms with E-state index < -0.39 is 0 Å². The highest BCUT2D eigenvalue weighted by Crippen LogP contribution is 2.25. The smallest absolute Gasteiger partial charge is 0.278 e. The Morgan fingerprint density at radius 2 is 2.19 bits per heavy atom. The van der Waals surface area contributed by atoms with Crippen LogP contribution in [0.4, 0.5) is 5.95 Å². The third kappa shape index (κ3) is 2.59. The van der Waals surface area contributed by atoms with E-state index in [2.05, 4.69) is 20.4 Å². The topological polar surface area (TPSA) is 75.6 Å². The fraction of sp³-hybridized carbons (Fsp3) is 0.154. The van der Waals surface area contributed by atoms with Gasteiger partial charge in [0, 0.05) is 13.6 Å². The van der Waals surface area contributed by atoms with Crippen LogP contribution in [0.25, 0.3) is 11.0 Å². The molecule has 1 aromatic carbocycles. The van der Waals surface area contributed by atoms with Gasteiger partial charge in [0.15, 0.2) is 5.52 Å². The summed E-state index contributed by atoms with van der Waals surface area (Å²) >= 11 is 12.1. The van der Waals surface area contributed by atoms with Crippen LogP contribution < -0.4 is 10.9 Å². The van der Waals surface area contributed by atoms with Gasteiger partial charge in [0.25, 0.3) is 5.56 Å². The summed E-state index contributed by atoms with van der Waals surface area (Å²) in [4.78, 5) is 18.9. The summed E-state index contributed by atoms with van der Waals surface area (Å²) in [6.45, 7) is 0.397. The number of aromatic nitrogens is 4. The molecule has 0 amide bonds. The van der Waals surface area contributed by atoms with Crippen LogP contribution in [-0.4, -0.2) is 19.7 Å². The first kappa shape index (κ1) is 13.9. The van der Waals surface area contributed by atoms with Gasteiger partial charge in [-0.05, 0) is 11.6 Å². The average Bonchev–Trinajstić information content (AvgIpc) is 2.82. The second-order valence-electron chi connectivity index (χ2n) is 4.48. The Bertz CT molecular complexity index is 871. The third-order valence-corrected chi connectivity index (χ3v) is 3.93. The molecule has 6 nitrogen and oxygen atoms in total. The first-order chi connectivity index (χ1) is 10.1. The third-order valence-electron chi connectivity index (χ3n) is 3.08. The van der Waals surface area contributed by atoms with Gasteiger partial charge in [-0.15, -0.1) is 0 Å². The van der Waals surface area contributed by atoms with Crippen LogP contribution >= 0.6 is 23.2 Å². The molecule has 0 aliphatic heterocycles. The molecular formula is C13H11Cl2N5O. The van der Waals surface area contributed by atoms with Crippen LogP contribution in [0.3, 0.4) is 0 Å². The first-order valence-electron chi connectivity index (χ1n) is 6.15. The second kappa shape index (κ2) is 5.38. The molecule has 3 rings (SSSR count). The number of aryl methyl sites for hydroxylation is 1. The summed E-state index contributed by atoms with van der Waals surface area (Å²) in [6, 6.07) is 5.38. The van der Waals surface area contributed by atoms with Crippen LogP contribution in [0.1, 0.15) is 5.56 Å². The Morgan fingerprint density at radius 1 is 1.38 bits per heavy atom. The van der Waals surface area contributed by atoms with Gasteiger partial charge >= 0.3 is 0 Å². The maximum atomic E-state index is 12.0. The molecule has 2 aromatic heterocycles. The molecule has 3 aromatic rings. The molecule has 0 fully saturated rings. The Morgan fingerprint density at radius 3 is 3.00 bits per heavy atom. The standard InChI is InChI=1S/C13H11Cl2N5O/c1-20-11-9(6-17-20)18-13(19-12(11)21)16-5-7-3-2-4-8(14)10(7)15/h2-4,6H,5H2,1H3,(H2,16,18,19,21). The van der Waals surface area contributed by atoms with E-state index in [4.69, 9.17) is 23.2 Å². The van der Waals surface area contributed by atoms with Crippen molar-refractivity contribution in [2.45, 2.75) is 6.54 Å². The fourth-order valence-corrected chi connectivity index (χ4v) is 2.42. The highest BCUT2D eigenvalue weighted by molar-refractivity contribution is 6.42. The maximum absolute atomic E-state index is 12.0. The number of halogens is 2. The maximum Gasteiger partial charge on any atom is 0.278 e. The number of nitrogens with one attached hydrogen (secondary N) is 2. The summed E-state index contributed by atoms with van der Waals surface area (Å²) in [6.07, 6.45) is 1.54. The molecule has 21 heavy (non-hydrogen) atoms. The van der Waals surface area contributed by atoms with Crippen LogP contribution in [0.2, 0.25) is 10.0 Å². The quantitative estimate of drug-likeness (QED) is 0.776. The van der Waals surface area contributed by atoms with Crippen molar-refractivity contribution in [3.8, 4) is 0 Å². The predicted octanol–water partition coefficient (Wildman–Crippen LogP) is 2.58. The molecule has 0 bridgehead atoms. The summed E-state index contributed by atoms with van der Waals surface area (Å²) in [5.41, 5.74) is 1.53. The van der Waals surface area contributed by atoms with E-state index in [-0.39, 0.29) is 5.56 Å². The zero-order valence-electron chi connectivity index (χ0n) is 11.0. The van der Waals surface area contributed by atoms with Crippen molar-refractivity contribution in [3.63, 3.8) is 0 Å². The first-order valence-corrected chi connectivity index (χ1v) is 6.90. The monoisotopic (exact) mass is 323 g/mol. The minimum absolute atomic E-state index is 0.250. The highest BCUT2D eigenvalue weighted by Gasteiger charge is 2.09. The van der Waals surface area contributed by atoms with Gasteiger partial charge in [0.1, 0.15) is 5.52 Å². The fourth-order valence-electron chi connectivity index (χ4n) is 2.03. The lowest BCUT2D eigenvalue weighted by Crippen LogP contribution is -2.15. The molecule has 0 aliphatic carbocycles. The van der Waals surface area contributed by atoms with Crippen molar-refractivity contribution in [1.82, 2.24) is 19.7 Å². The molecule has 108 valence electrons. The van der Waals surface area contributed by atoms with Gasteiger partial charge in [-0.1, -0.05) is 35.3 Å². The molecular weight excluding hydrogens is 313 g/mol. The number of aromatic amines is 1. The molecule has 0 unspecified atom stereocenters. The Labute approximate surface area is 129 Å². The van der Waals surface area contributed by atoms with E-state index in [1.54, 1.807) is 19.3 Å².